The van der Waals surface area contributed by atoms with Gasteiger partial charge in [-0.05, 0) is 42.0 Å². The Bertz CT molecular complexity index is 1250. The van der Waals surface area contributed by atoms with Gasteiger partial charge in [-0.15, -0.1) is 0 Å². The van der Waals surface area contributed by atoms with Gasteiger partial charge in [-0.25, -0.2) is 0 Å². The maximum atomic E-state index is 13.6. The third-order valence-corrected chi connectivity index (χ3v) is 6.46. The lowest BCUT2D eigenvalue weighted by Gasteiger charge is -2.31. The van der Waals surface area contributed by atoms with Gasteiger partial charge < -0.3 is 10.2 Å². The Morgan fingerprint density at radius 3 is 2.41 bits per heavy atom. The van der Waals surface area contributed by atoms with Crippen LogP contribution in [0.5, 0.6) is 0 Å². The molecule has 1 N–H and O–H groups in total. The molecule has 1 heterocycles. The fraction of sp³-hybridized carbons (Fsp3) is 0.296. The van der Waals surface area contributed by atoms with Crippen LogP contribution in [-0.2, 0) is 16.1 Å². The van der Waals surface area contributed by atoms with Crippen molar-refractivity contribution in [2.45, 2.75) is 33.4 Å². The van der Waals surface area contributed by atoms with E-state index >= 15 is 0 Å². The third-order valence-electron chi connectivity index (χ3n) is 6.09. The van der Waals surface area contributed by atoms with E-state index in [2.05, 4.69) is 5.32 Å². The number of nitrogens with one attached hydrogen (secondary N) is 1. The standard InChI is InChI=1S/C27H28ClN3O3/c1-17(2)14-29-26(33)18(3)30(15-20-8-4-5-12-22(20)28)24(32)16-31-23-13-7-10-19-9-6-11-21(25(19)23)27(31)34/h4-13,17-18H,14-16H2,1-3H3,(H,29,33)/t18-/m0/s1. The van der Waals surface area contributed by atoms with Crippen molar-refractivity contribution in [2.24, 2.45) is 5.92 Å². The lowest BCUT2D eigenvalue weighted by molar-refractivity contribution is -0.139. The Balaban J connectivity index is 1.62. The lowest BCUT2D eigenvalue weighted by atomic mass is 10.1. The zero-order chi connectivity index (χ0) is 24.4. The molecule has 34 heavy (non-hydrogen) atoms. The Hall–Kier alpha value is -3.38. The number of carbonyl (C=O) groups excluding carboxylic acids is 3. The summed E-state index contributed by atoms with van der Waals surface area (Å²) < 4.78 is 0. The van der Waals surface area contributed by atoms with Crippen molar-refractivity contribution in [3.8, 4) is 0 Å². The first-order chi connectivity index (χ1) is 16.3. The molecule has 0 bridgehead atoms. The van der Waals surface area contributed by atoms with Crippen LogP contribution in [0.15, 0.2) is 60.7 Å². The zero-order valence-corrected chi connectivity index (χ0v) is 20.3. The van der Waals surface area contributed by atoms with Gasteiger partial charge in [0.2, 0.25) is 11.8 Å². The van der Waals surface area contributed by atoms with Crippen LogP contribution in [0.1, 0.15) is 36.7 Å². The van der Waals surface area contributed by atoms with Gasteiger partial charge in [0.1, 0.15) is 12.6 Å². The summed E-state index contributed by atoms with van der Waals surface area (Å²) in [5.74, 6) is -0.502. The fourth-order valence-corrected chi connectivity index (χ4v) is 4.40. The minimum atomic E-state index is -0.738. The van der Waals surface area contributed by atoms with E-state index in [1.165, 1.54) is 9.80 Å². The average molecular weight is 478 g/mol. The molecule has 6 nitrogen and oxygen atoms in total. The predicted molar refractivity (Wildman–Crippen MR) is 135 cm³/mol. The van der Waals surface area contributed by atoms with E-state index in [9.17, 15) is 14.4 Å². The van der Waals surface area contributed by atoms with E-state index in [0.717, 1.165) is 16.3 Å². The van der Waals surface area contributed by atoms with Crippen LogP contribution in [-0.4, -0.2) is 41.8 Å². The maximum absolute atomic E-state index is 13.6. The highest BCUT2D eigenvalue weighted by Gasteiger charge is 2.34. The number of benzene rings is 3. The quantitative estimate of drug-likeness (QED) is 0.513. The fourth-order valence-electron chi connectivity index (χ4n) is 4.21. The van der Waals surface area contributed by atoms with Gasteiger partial charge in [0, 0.05) is 29.1 Å². The normalized spacial score (nSPS) is 13.4. The van der Waals surface area contributed by atoms with Crippen molar-refractivity contribution in [1.82, 2.24) is 10.2 Å². The van der Waals surface area contributed by atoms with Gasteiger partial charge in [-0.2, -0.15) is 0 Å². The monoisotopic (exact) mass is 477 g/mol. The number of carbonyl (C=O) groups is 3. The van der Waals surface area contributed by atoms with Crippen LogP contribution in [0.2, 0.25) is 5.02 Å². The molecule has 1 aliphatic heterocycles. The molecule has 0 aliphatic carbocycles. The summed E-state index contributed by atoms with van der Waals surface area (Å²) in [7, 11) is 0. The Morgan fingerprint density at radius 1 is 1.00 bits per heavy atom. The molecule has 176 valence electrons. The number of hydrogen-bond acceptors (Lipinski definition) is 3. The van der Waals surface area contributed by atoms with E-state index < -0.39 is 6.04 Å². The largest absolute Gasteiger partial charge is 0.354 e. The van der Waals surface area contributed by atoms with Crippen LogP contribution in [0.25, 0.3) is 10.8 Å². The van der Waals surface area contributed by atoms with Crippen molar-refractivity contribution >= 4 is 45.8 Å². The smallest absolute Gasteiger partial charge is 0.259 e. The molecule has 3 aromatic carbocycles. The second-order valence-electron chi connectivity index (χ2n) is 9.00. The molecular weight excluding hydrogens is 450 g/mol. The second-order valence-corrected chi connectivity index (χ2v) is 9.41. The average Bonchev–Trinajstić information content (AvgIpc) is 3.09. The van der Waals surface area contributed by atoms with Crippen LogP contribution in [0.3, 0.4) is 0 Å². The summed E-state index contributed by atoms with van der Waals surface area (Å²) in [5.41, 5.74) is 2.03. The van der Waals surface area contributed by atoms with Crippen molar-refractivity contribution in [3.63, 3.8) is 0 Å². The SMILES string of the molecule is CC(C)CNC(=O)[C@H](C)N(Cc1ccccc1Cl)C(=O)CN1C(=O)c2cccc3cccc1c23. The van der Waals surface area contributed by atoms with Crippen LogP contribution >= 0.6 is 11.6 Å². The summed E-state index contributed by atoms with van der Waals surface area (Å²) >= 11 is 6.37. The Morgan fingerprint density at radius 2 is 1.71 bits per heavy atom. The molecule has 0 spiro atoms. The molecule has 7 heteroatoms. The van der Waals surface area contributed by atoms with E-state index in [-0.39, 0.29) is 36.7 Å². The summed E-state index contributed by atoms with van der Waals surface area (Å²) in [6.07, 6.45) is 0. The summed E-state index contributed by atoms with van der Waals surface area (Å²) in [5, 5.41) is 5.22. The minimum Gasteiger partial charge on any atom is -0.354 e. The van der Waals surface area contributed by atoms with Gasteiger partial charge in [-0.3, -0.25) is 19.3 Å². The molecule has 0 unspecified atom stereocenters. The van der Waals surface area contributed by atoms with Gasteiger partial charge in [0.05, 0.1) is 5.69 Å². The molecule has 3 amide bonds. The van der Waals surface area contributed by atoms with E-state index in [0.29, 0.717) is 22.8 Å². The van der Waals surface area contributed by atoms with Crippen LogP contribution in [0.4, 0.5) is 5.69 Å². The van der Waals surface area contributed by atoms with E-state index in [4.69, 9.17) is 11.6 Å². The highest BCUT2D eigenvalue weighted by molar-refractivity contribution is 6.31. The second kappa shape index (κ2) is 9.85. The highest BCUT2D eigenvalue weighted by atomic mass is 35.5. The summed E-state index contributed by atoms with van der Waals surface area (Å²) in [6, 6.07) is 17.8. The van der Waals surface area contributed by atoms with Gasteiger partial charge in [0.25, 0.3) is 5.91 Å². The molecule has 0 saturated heterocycles. The van der Waals surface area contributed by atoms with E-state index in [1.807, 2.05) is 62.4 Å². The lowest BCUT2D eigenvalue weighted by Crippen LogP contribution is -2.51. The molecule has 4 rings (SSSR count). The highest BCUT2D eigenvalue weighted by Crippen LogP contribution is 2.37. The van der Waals surface area contributed by atoms with Gasteiger partial charge in [-0.1, -0.05) is 67.9 Å². The summed E-state index contributed by atoms with van der Waals surface area (Å²) in [6.45, 7) is 6.22. The summed E-state index contributed by atoms with van der Waals surface area (Å²) in [4.78, 5) is 42.7. The predicted octanol–water partition coefficient (Wildman–Crippen LogP) is 4.64. The molecule has 0 radical (unpaired) electrons. The topological polar surface area (TPSA) is 69.7 Å². The molecule has 0 fully saturated rings. The molecule has 3 aromatic rings. The van der Waals surface area contributed by atoms with Crippen LogP contribution in [0, 0.1) is 5.92 Å². The Labute approximate surface area is 204 Å². The number of nitrogens with zero attached hydrogens (tertiary/aromatic N) is 2. The van der Waals surface area contributed by atoms with Crippen molar-refractivity contribution < 1.29 is 14.4 Å². The van der Waals surface area contributed by atoms with E-state index in [1.54, 1.807) is 19.1 Å². The van der Waals surface area contributed by atoms with Crippen LogP contribution < -0.4 is 10.2 Å². The maximum Gasteiger partial charge on any atom is 0.259 e. The number of rotatable bonds is 8. The number of anilines is 1. The zero-order valence-electron chi connectivity index (χ0n) is 19.5. The molecular formula is C27H28ClN3O3. The van der Waals surface area contributed by atoms with Gasteiger partial charge in [0.15, 0.2) is 0 Å². The molecule has 1 atom stereocenters. The number of halogens is 1. The first kappa shape index (κ1) is 23.8. The molecule has 0 saturated carbocycles. The minimum absolute atomic E-state index is 0.161. The molecule has 0 aromatic heterocycles. The Kier molecular flexibility index (Phi) is 6.89. The first-order valence-corrected chi connectivity index (χ1v) is 11.8. The number of amides is 3. The van der Waals surface area contributed by atoms with Gasteiger partial charge >= 0.3 is 0 Å². The van der Waals surface area contributed by atoms with Crippen molar-refractivity contribution in [2.75, 3.05) is 18.0 Å². The third kappa shape index (κ3) is 4.64. The first-order valence-electron chi connectivity index (χ1n) is 11.4. The van der Waals surface area contributed by atoms with Crippen molar-refractivity contribution in [3.05, 3.63) is 76.8 Å². The number of hydrogen-bond donors (Lipinski definition) is 1. The van der Waals surface area contributed by atoms with Crippen molar-refractivity contribution in [1.29, 1.82) is 0 Å². The molecule has 1 aliphatic rings.